The molecule has 2 radical (unpaired) electrons. The molecule has 3 rings (SSSR count). The molecule has 2 nitrogen and oxygen atoms in total. The Hall–Kier alpha value is -0.332. The Morgan fingerprint density at radius 2 is 1.58 bits per heavy atom. The minimum absolute atomic E-state index is 0. The maximum absolute atomic E-state index is 13.9. The van der Waals surface area contributed by atoms with Crippen LogP contribution in [0.25, 0.3) is 0 Å². The van der Waals surface area contributed by atoms with Crippen molar-refractivity contribution >= 4 is 0 Å². The first-order valence-electron chi connectivity index (χ1n) is 10.3. The number of aryl methyl sites for hydroxylation is 1. The molecule has 0 aliphatic heterocycles. The quantitative estimate of drug-likeness (QED) is 0.238. The largest absolute Gasteiger partial charge is 2.00 e. The fourth-order valence-electron chi connectivity index (χ4n) is 4.63. The van der Waals surface area contributed by atoms with Crippen LogP contribution in [0.1, 0.15) is 59.8 Å². The second kappa shape index (κ2) is 17.2. The van der Waals surface area contributed by atoms with E-state index in [0.29, 0.717) is 18.1 Å². The predicted octanol–water partition coefficient (Wildman–Crippen LogP) is 7.29. The number of hydrogen-bond donors (Lipinski definition) is 1. The predicted molar refractivity (Wildman–Crippen MR) is 117 cm³/mol. The SMILES string of the molecule is C=CC1CCC(C2CCC(COc3ccc(C)c(F)c3F)CC2)CC1.[C-]#CO.[CH3-].[HH].[HH].[V+2].[Y]. The van der Waals surface area contributed by atoms with Crippen molar-refractivity contribution < 1.29 is 72.7 Å². The van der Waals surface area contributed by atoms with Gasteiger partial charge in [-0.15, -0.1) is 6.58 Å². The van der Waals surface area contributed by atoms with E-state index in [0.717, 1.165) is 36.7 Å². The zero-order valence-corrected chi connectivity index (χ0v) is 23.0. The first-order valence-corrected chi connectivity index (χ1v) is 10.3. The molecule has 0 unspecified atom stereocenters. The van der Waals surface area contributed by atoms with Crippen LogP contribution in [0.4, 0.5) is 8.78 Å². The van der Waals surface area contributed by atoms with Crippen molar-refractivity contribution in [2.24, 2.45) is 23.7 Å². The summed E-state index contributed by atoms with van der Waals surface area (Å²) in [6.45, 7) is 5.99. The molecule has 172 valence electrons. The summed E-state index contributed by atoms with van der Waals surface area (Å²) in [5.74, 6) is 1.31. The average molecular weight is 548 g/mol. The van der Waals surface area contributed by atoms with Gasteiger partial charge in [-0.25, -0.2) is 4.39 Å². The van der Waals surface area contributed by atoms with Crippen LogP contribution in [0.15, 0.2) is 24.8 Å². The molecule has 0 heterocycles. The molecule has 0 aromatic heterocycles. The zero-order valence-electron chi connectivity index (χ0n) is 18.7. The topological polar surface area (TPSA) is 29.5 Å². The third-order valence-electron chi connectivity index (χ3n) is 6.42. The van der Waals surface area contributed by atoms with E-state index in [1.54, 1.807) is 13.0 Å². The number of ether oxygens (including phenoxy) is 1. The van der Waals surface area contributed by atoms with Crippen LogP contribution in [0, 0.1) is 62.2 Å². The molecule has 1 aromatic rings. The number of hydrogen-bond acceptors (Lipinski definition) is 2. The number of rotatable bonds is 5. The summed E-state index contributed by atoms with van der Waals surface area (Å²) in [4.78, 5) is 0. The molecule has 6 heteroatoms. The molecule has 0 spiro atoms. The van der Waals surface area contributed by atoms with Gasteiger partial charge in [-0.3, -0.25) is 0 Å². The molecule has 0 bridgehead atoms. The van der Waals surface area contributed by atoms with Gasteiger partial charge in [-0.1, -0.05) is 12.1 Å². The monoisotopic (exact) mass is 548 g/mol. The summed E-state index contributed by atoms with van der Waals surface area (Å²) in [6, 6.07) is 3.11. The molecular weight excluding hydrogens is 510 g/mol. The Bertz CT molecular complexity index is 688. The molecule has 0 saturated heterocycles. The summed E-state index contributed by atoms with van der Waals surface area (Å²) < 4.78 is 33.1. The summed E-state index contributed by atoms with van der Waals surface area (Å²) in [5.41, 5.74) is 0.316. The first-order chi connectivity index (χ1) is 13.5. The van der Waals surface area contributed by atoms with Gasteiger partial charge in [0.15, 0.2) is 11.6 Å². The van der Waals surface area contributed by atoms with Gasteiger partial charge < -0.3 is 23.7 Å². The van der Waals surface area contributed by atoms with Crippen LogP contribution in [-0.2, 0) is 51.3 Å². The fraction of sp³-hybridized carbons (Fsp3) is 0.560. The van der Waals surface area contributed by atoms with Gasteiger partial charge in [0.2, 0.25) is 5.82 Å². The Labute approximate surface area is 227 Å². The zero-order chi connectivity index (χ0) is 20.5. The number of aliphatic hydroxyl groups excluding tert-OH is 1. The summed E-state index contributed by atoms with van der Waals surface area (Å²) >= 11 is 0. The Morgan fingerprint density at radius 3 is 2.06 bits per heavy atom. The summed E-state index contributed by atoms with van der Waals surface area (Å²) in [7, 11) is 0. The number of aliphatic hydroxyl groups is 1. The number of allylic oxidation sites excluding steroid dienone is 1. The standard InChI is InChI=1S/C22H30F2O.C2HO.CH3.V.Y.2H2/c1-3-16-5-9-18(10-6-16)19-11-7-17(8-12-19)14-25-20-13-4-15(2)21(23)22(20)24;1-2-3;;;;;/h3-4,13,16-19H,1,5-12,14H2,2H3;3H;1H3;;;2*1H/q;2*-1;+2;;;. The third kappa shape index (κ3) is 10.00. The van der Waals surface area contributed by atoms with Gasteiger partial charge in [0.25, 0.3) is 0 Å². The van der Waals surface area contributed by atoms with Gasteiger partial charge in [-0.2, -0.15) is 10.5 Å². The average Bonchev–Trinajstić information content (AvgIpc) is 2.73. The van der Waals surface area contributed by atoms with E-state index in [9.17, 15) is 8.78 Å². The van der Waals surface area contributed by atoms with E-state index in [2.05, 4.69) is 12.7 Å². The second-order valence-electron chi connectivity index (χ2n) is 8.12. The minimum Gasteiger partial charge on any atom is -0.648 e. The van der Waals surface area contributed by atoms with Gasteiger partial charge in [-0.05, 0) is 93.6 Å². The van der Waals surface area contributed by atoms with Crippen molar-refractivity contribution in [3.8, 4) is 11.9 Å². The van der Waals surface area contributed by atoms with E-state index >= 15 is 0 Å². The van der Waals surface area contributed by atoms with Crippen molar-refractivity contribution in [3.05, 3.63) is 55.8 Å². The van der Waals surface area contributed by atoms with Crippen molar-refractivity contribution in [3.63, 3.8) is 0 Å². The van der Waals surface area contributed by atoms with E-state index < -0.39 is 11.6 Å². The molecule has 0 amide bonds. The molecule has 1 aromatic carbocycles. The molecule has 2 aliphatic carbocycles. The summed E-state index contributed by atoms with van der Waals surface area (Å²) in [6.07, 6.45) is 18.7. The first kappa shape index (κ1) is 32.8. The van der Waals surface area contributed by atoms with E-state index in [-0.39, 0.29) is 67.3 Å². The minimum atomic E-state index is -0.854. The normalized spacial score (nSPS) is 24.5. The molecule has 2 aliphatic rings. The number of halogens is 2. The van der Waals surface area contributed by atoms with Crippen LogP contribution in [0.5, 0.6) is 5.75 Å². The Morgan fingerprint density at radius 1 is 1.10 bits per heavy atom. The van der Waals surface area contributed by atoms with Crippen LogP contribution in [0.2, 0.25) is 0 Å². The van der Waals surface area contributed by atoms with Crippen LogP contribution in [-0.4, -0.2) is 11.7 Å². The molecular formula is C25H38F2O2VY. The van der Waals surface area contributed by atoms with Crippen molar-refractivity contribution in [2.75, 3.05) is 6.61 Å². The maximum atomic E-state index is 13.9. The van der Waals surface area contributed by atoms with E-state index in [4.69, 9.17) is 16.3 Å². The summed E-state index contributed by atoms with van der Waals surface area (Å²) in [5, 5.41) is 6.99. The van der Waals surface area contributed by atoms with Crippen LogP contribution in [0.3, 0.4) is 0 Å². The second-order valence-corrected chi connectivity index (χ2v) is 8.12. The smallest absolute Gasteiger partial charge is 0.648 e. The Balaban J connectivity index is -0.000000499. The van der Waals surface area contributed by atoms with E-state index in [1.165, 1.54) is 44.6 Å². The van der Waals surface area contributed by atoms with Crippen molar-refractivity contribution in [1.29, 1.82) is 0 Å². The maximum Gasteiger partial charge on any atom is 2.00 e. The van der Waals surface area contributed by atoms with Crippen LogP contribution >= 0.6 is 0 Å². The van der Waals surface area contributed by atoms with Crippen molar-refractivity contribution in [1.82, 2.24) is 0 Å². The van der Waals surface area contributed by atoms with Gasteiger partial charge in [0.1, 0.15) is 0 Å². The molecule has 2 saturated carbocycles. The van der Waals surface area contributed by atoms with Crippen molar-refractivity contribution in [2.45, 2.75) is 58.3 Å². The third-order valence-corrected chi connectivity index (χ3v) is 6.42. The van der Waals surface area contributed by atoms with Gasteiger partial charge in [0.05, 0.1) is 6.61 Å². The molecule has 0 atom stereocenters. The number of benzene rings is 1. The van der Waals surface area contributed by atoms with Gasteiger partial charge >= 0.3 is 18.6 Å². The fourth-order valence-corrected chi connectivity index (χ4v) is 4.63. The molecule has 2 fully saturated rings. The molecule has 31 heavy (non-hydrogen) atoms. The molecule has 1 N–H and O–H groups in total. The Kier molecular flexibility index (Phi) is 18.2. The van der Waals surface area contributed by atoms with E-state index in [1.807, 2.05) is 0 Å². The van der Waals surface area contributed by atoms with Crippen LogP contribution < -0.4 is 4.74 Å². The van der Waals surface area contributed by atoms with Gasteiger partial charge in [0, 0.05) is 35.6 Å².